The zero-order valence-electron chi connectivity index (χ0n) is 17.7. The summed E-state index contributed by atoms with van der Waals surface area (Å²) in [6.07, 6.45) is 3.77. The van der Waals surface area contributed by atoms with E-state index in [1.165, 1.54) is 3.97 Å². The van der Waals surface area contributed by atoms with Crippen molar-refractivity contribution in [2.75, 3.05) is 25.5 Å². The predicted octanol–water partition coefficient (Wildman–Crippen LogP) is 4.17. The van der Waals surface area contributed by atoms with Crippen molar-refractivity contribution in [1.82, 2.24) is 8.87 Å². The molecule has 2 aromatic carbocycles. The van der Waals surface area contributed by atoms with Crippen LogP contribution >= 0.6 is 0 Å². The van der Waals surface area contributed by atoms with Gasteiger partial charge in [0.05, 0.1) is 16.5 Å². The number of nitrogens with one attached hydrogen (secondary N) is 1. The Balaban J connectivity index is 1.60. The first kappa shape index (κ1) is 20.8. The van der Waals surface area contributed by atoms with Crippen molar-refractivity contribution in [3.8, 4) is 5.75 Å². The van der Waals surface area contributed by atoms with Crippen LogP contribution in [0.3, 0.4) is 0 Å². The highest BCUT2D eigenvalue weighted by Gasteiger charge is 2.21. The molecule has 4 rings (SSSR count). The van der Waals surface area contributed by atoms with Crippen LogP contribution in [0.1, 0.15) is 26.7 Å². The second-order valence-electron chi connectivity index (χ2n) is 8.25. The number of benzene rings is 2. The van der Waals surface area contributed by atoms with Crippen LogP contribution in [0.4, 0.5) is 5.69 Å². The van der Waals surface area contributed by atoms with E-state index in [4.69, 9.17) is 4.74 Å². The molecular formula is C23H29N3O3S. The van der Waals surface area contributed by atoms with Gasteiger partial charge in [-0.2, -0.15) is 0 Å². The van der Waals surface area contributed by atoms with Gasteiger partial charge in [0.1, 0.15) is 5.75 Å². The second-order valence-corrected chi connectivity index (χ2v) is 10.1. The van der Waals surface area contributed by atoms with Gasteiger partial charge in [0, 0.05) is 23.3 Å². The lowest BCUT2D eigenvalue weighted by Crippen LogP contribution is -2.36. The molecule has 6 nitrogen and oxygen atoms in total. The van der Waals surface area contributed by atoms with Crippen molar-refractivity contribution in [2.24, 2.45) is 0 Å². The Labute approximate surface area is 178 Å². The Hall–Kier alpha value is -2.51. The molecule has 1 aliphatic heterocycles. The molecule has 0 aliphatic carbocycles. The maximum atomic E-state index is 13.4. The molecular weight excluding hydrogens is 398 g/mol. The van der Waals surface area contributed by atoms with Crippen LogP contribution < -0.4 is 10.1 Å². The molecule has 1 saturated heterocycles. The van der Waals surface area contributed by atoms with Crippen molar-refractivity contribution in [3.63, 3.8) is 0 Å². The third-order valence-electron chi connectivity index (χ3n) is 5.48. The first-order valence-corrected chi connectivity index (χ1v) is 11.9. The maximum Gasteiger partial charge on any atom is 0.268 e. The van der Waals surface area contributed by atoms with Gasteiger partial charge in [-0.25, -0.2) is 12.4 Å². The smallest absolute Gasteiger partial charge is 0.268 e. The summed E-state index contributed by atoms with van der Waals surface area (Å²) in [7, 11) is -1.57. The molecule has 160 valence electrons. The van der Waals surface area contributed by atoms with Gasteiger partial charge in [0.15, 0.2) is 0 Å². The first-order valence-electron chi connectivity index (χ1n) is 10.4. The number of aromatic nitrogens is 1. The predicted molar refractivity (Wildman–Crippen MR) is 121 cm³/mol. The van der Waals surface area contributed by atoms with Crippen LogP contribution in [0.25, 0.3) is 10.9 Å². The molecule has 3 aromatic rings. The van der Waals surface area contributed by atoms with E-state index in [-0.39, 0.29) is 11.0 Å². The van der Waals surface area contributed by atoms with Gasteiger partial charge in [-0.05, 0) is 89.3 Å². The minimum Gasteiger partial charge on any atom is -0.491 e. The van der Waals surface area contributed by atoms with Gasteiger partial charge in [-0.1, -0.05) is 6.07 Å². The fourth-order valence-electron chi connectivity index (χ4n) is 3.90. The summed E-state index contributed by atoms with van der Waals surface area (Å²) in [6, 6.07) is 14.8. The molecule has 0 bridgehead atoms. The highest BCUT2D eigenvalue weighted by molar-refractivity contribution is 7.90. The topological polar surface area (TPSA) is 63.6 Å². The minimum absolute atomic E-state index is 0.0630. The van der Waals surface area contributed by atoms with Crippen molar-refractivity contribution in [3.05, 3.63) is 54.7 Å². The van der Waals surface area contributed by atoms with Crippen LogP contribution in [0, 0.1) is 0 Å². The molecule has 1 fully saturated rings. The summed E-state index contributed by atoms with van der Waals surface area (Å²) in [5.41, 5.74) is 1.48. The Morgan fingerprint density at radius 1 is 1.07 bits per heavy atom. The Bertz CT molecular complexity index is 1130. The third kappa shape index (κ3) is 4.32. The molecule has 1 aliphatic rings. The monoisotopic (exact) mass is 427 g/mol. The minimum atomic E-state index is -3.70. The summed E-state index contributed by atoms with van der Waals surface area (Å²) < 4.78 is 33.8. The SMILES string of the molecule is CC(C)Oc1ccc2c(ccn2S(=O)(=O)c2cccc(NC3CCN(C)CC3)c2)c1. The maximum absolute atomic E-state index is 13.4. The average molecular weight is 428 g/mol. The van der Waals surface area contributed by atoms with Gasteiger partial charge in [-0.3, -0.25) is 0 Å². The molecule has 0 spiro atoms. The number of fused-ring (bicyclic) bond motifs is 1. The lowest BCUT2D eigenvalue weighted by atomic mass is 10.1. The van der Waals surface area contributed by atoms with E-state index in [1.54, 1.807) is 36.5 Å². The number of hydrogen-bond donors (Lipinski definition) is 1. The molecule has 0 atom stereocenters. The summed E-state index contributed by atoms with van der Waals surface area (Å²) in [4.78, 5) is 2.59. The highest BCUT2D eigenvalue weighted by atomic mass is 32.2. The number of nitrogens with zero attached hydrogens (tertiary/aromatic N) is 2. The molecule has 1 aromatic heterocycles. The fourth-order valence-corrected chi connectivity index (χ4v) is 5.30. The normalized spacial score (nSPS) is 16.3. The number of anilines is 1. The molecule has 0 saturated carbocycles. The average Bonchev–Trinajstić information content (AvgIpc) is 3.13. The Kier molecular flexibility index (Phi) is 5.75. The van der Waals surface area contributed by atoms with Crippen LogP contribution in [0.15, 0.2) is 59.6 Å². The number of likely N-dealkylation sites (tertiary alicyclic amines) is 1. The highest BCUT2D eigenvalue weighted by Crippen LogP contribution is 2.27. The number of piperidine rings is 1. The summed E-state index contributed by atoms with van der Waals surface area (Å²) in [5, 5.41) is 4.34. The number of ether oxygens (including phenoxy) is 1. The third-order valence-corrected chi connectivity index (χ3v) is 7.16. The van der Waals surface area contributed by atoms with E-state index in [0.29, 0.717) is 11.6 Å². The van der Waals surface area contributed by atoms with Crippen LogP contribution in [0.2, 0.25) is 0 Å². The molecule has 30 heavy (non-hydrogen) atoms. The lowest BCUT2D eigenvalue weighted by molar-refractivity contribution is 0.243. The van der Waals surface area contributed by atoms with E-state index in [0.717, 1.165) is 42.8 Å². The van der Waals surface area contributed by atoms with Crippen molar-refractivity contribution >= 4 is 26.6 Å². The first-order chi connectivity index (χ1) is 14.3. The summed E-state index contributed by atoms with van der Waals surface area (Å²) in [5.74, 6) is 0.733. The van der Waals surface area contributed by atoms with Crippen LogP contribution in [0.5, 0.6) is 5.75 Å². The Morgan fingerprint density at radius 3 is 2.57 bits per heavy atom. The fraction of sp³-hybridized carbons (Fsp3) is 0.391. The zero-order chi connectivity index (χ0) is 21.3. The molecule has 7 heteroatoms. The largest absolute Gasteiger partial charge is 0.491 e. The molecule has 1 N–H and O–H groups in total. The number of hydrogen-bond acceptors (Lipinski definition) is 5. The van der Waals surface area contributed by atoms with Crippen molar-refractivity contribution in [2.45, 2.75) is 43.7 Å². The molecule has 2 heterocycles. The van der Waals surface area contributed by atoms with E-state index in [2.05, 4.69) is 17.3 Å². The van der Waals surface area contributed by atoms with Gasteiger partial charge in [0.25, 0.3) is 10.0 Å². The van der Waals surface area contributed by atoms with E-state index in [9.17, 15) is 8.42 Å². The lowest BCUT2D eigenvalue weighted by Gasteiger charge is -2.30. The summed E-state index contributed by atoms with van der Waals surface area (Å²) >= 11 is 0. The van der Waals surface area contributed by atoms with Crippen LogP contribution in [-0.4, -0.2) is 49.6 Å². The van der Waals surface area contributed by atoms with Gasteiger partial charge in [-0.15, -0.1) is 0 Å². The second kappa shape index (κ2) is 8.32. The van der Waals surface area contributed by atoms with Gasteiger partial charge >= 0.3 is 0 Å². The van der Waals surface area contributed by atoms with Gasteiger partial charge in [0.2, 0.25) is 0 Å². The number of rotatable bonds is 6. The quantitative estimate of drug-likeness (QED) is 0.640. The Morgan fingerprint density at radius 2 is 1.83 bits per heavy atom. The van der Waals surface area contributed by atoms with E-state index < -0.39 is 10.0 Å². The zero-order valence-corrected chi connectivity index (χ0v) is 18.5. The van der Waals surface area contributed by atoms with E-state index >= 15 is 0 Å². The molecule has 0 amide bonds. The molecule has 0 radical (unpaired) electrons. The van der Waals surface area contributed by atoms with Gasteiger partial charge < -0.3 is 15.0 Å². The molecule has 0 unspecified atom stereocenters. The van der Waals surface area contributed by atoms with E-state index in [1.807, 2.05) is 32.0 Å². The standard InChI is InChI=1S/C23H29N3O3S/c1-17(2)29-21-7-8-23-18(15-21)9-14-26(23)30(27,28)22-6-4-5-20(16-22)24-19-10-12-25(3)13-11-19/h4-9,14-17,19,24H,10-13H2,1-3H3. The van der Waals surface area contributed by atoms with Crippen molar-refractivity contribution in [1.29, 1.82) is 0 Å². The van der Waals surface area contributed by atoms with Crippen LogP contribution in [-0.2, 0) is 10.0 Å². The summed E-state index contributed by atoms with van der Waals surface area (Å²) in [6.45, 7) is 6.03. The van der Waals surface area contributed by atoms with Crippen molar-refractivity contribution < 1.29 is 13.2 Å².